The summed E-state index contributed by atoms with van der Waals surface area (Å²) in [6.07, 6.45) is 0. The van der Waals surface area contributed by atoms with Gasteiger partial charge in [-0.2, -0.15) is 0 Å². The summed E-state index contributed by atoms with van der Waals surface area (Å²) in [7, 11) is 0. The van der Waals surface area contributed by atoms with E-state index in [-0.39, 0.29) is 6.04 Å². The van der Waals surface area contributed by atoms with Crippen LogP contribution in [-0.2, 0) is 9.47 Å². The fraction of sp³-hybridized carbons (Fsp3) is 0.467. The first-order valence-corrected chi connectivity index (χ1v) is 7.30. The van der Waals surface area contributed by atoms with E-state index in [0.717, 1.165) is 13.1 Å². The van der Waals surface area contributed by atoms with E-state index in [4.69, 9.17) is 9.47 Å². The molecule has 6 nitrogen and oxygen atoms in total. The fourth-order valence-corrected chi connectivity index (χ4v) is 2.39. The van der Waals surface area contributed by atoms with Crippen molar-refractivity contribution in [2.24, 2.45) is 9.98 Å². The molecule has 0 amide bonds. The van der Waals surface area contributed by atoms with Gasteiger partial charge in [-0.25, -0.2) is 9.98 Å². The summed E-state index contributed by atoms with van der Waals surface area (Å²) in [4.78, 5) is 11.0. The van der Waals surface area contributed by atoms with Crippen molar-refractivity contribution in [3.63, 3.8) is 0 Å². The van der Waals surface area contributed by atoms with Crippen molar-refractivity contribution in [1.29, 1.82) is 0 Å². The maximum atomic E-state index is 5.56. The maximum Gasteiger partial charge on any atom is 0.293 e. The molecule has 1 N–H and O–H groups in total. The molecule has 1 aromatic carbocycles. The summed E-state index contributed by atoms with van der Waals surface area (Å²) in [6, 6.07) is 11.5. The predicted molar refractivity (Wildman–Crippen MR) is 82.9 cm³/mol. The molecule has 112 valence electrons. The van der Waals surface area contributed by atoms with Crippen molar-refractivity contribution in [1.82, 2.24) is 5.32 Å². The Balaban J connectivity index is 1.58. The molecule has 0 aliphatic carbocycles. The molecule has 2 aliphatic heterocycles. The molecular formula is C15H20N4O2. The van der Waals surface area contributed by atoms with Crippen LogP contribution >= 0.6 is 0 Å². The Morgan fingerprint density at radius 3 is 2.81 bits per heavy atom. The highest BCUT2D eigenvalue weighted by Gasteiger charge is 2.23. The number of hydrogen-bond acceptors (Lipinski definition) is 6. The van der Waals surface area contributed by atoms with E-state index >= 15 is 0 Å². The van der Waals surface area contributed by atoms with Gasteiger partial charge in [-0.05, 0) is 19.1 Å². The molecule has 1 aromatic rings. The summed E-state index contributed by atoms with van der Waals surface area (Å²) in [5.74, 6) is 0. The average molecular weight is 288 g/mol. The largest absolute Gasteiger partial charge is 0.463 e. The van der Waals surface area contributed by atoms with Gasteiger partial charge >= 0.3 is 0 Å². The molecule has 2 aliphatic rings. The smallest absolute Gasteiger partial charge is 0.293 e. The number of para-hydroxylation sites is 1. The highest BCUT2D eigenvalue weighted by molar-refractivity contribution is 5.94. The number of aliphatic imine (C=N–C) groups is 2. The van der Waals surface area contributed by atoms with Gasteiger partial charge in [-0.1, -0.05) is 18.2 Å². The Labute approximate surface area is 124 Å². The quantitative estimate of drug-likeness (QED) is 0.905. The van der Waals surface area contributed by atoms with Crippen molar-refractivity contribution in [3.05, 3.63) is 30.3 Å². The third-order valence-electron chi connectivity index (χ3n) is 3.45. The third kappa shape index (κ3) is 3.45. The molecule has 0 saturated heterocycles. The lowest BCUT2D eigenvalue weighted by molar-refractivity contribution is 0.300. The van der Waals surface area contributed by atoms with Crippen LogP contribution in [0.3, 0.4) is 0 Å². The molecule has 3 rings (SSSR count). The zero-order valence-electron chi connectivity index (χ0n) is 12.2. The number of benzene rings is 1. The van der Waals surface area contributed by atoms with Gasteiger partial charge in [0.05, 0.1) is 6.54 Å². The van der Waals surface area contributed by atoms with E-state index in [1.54, 1.807) is 0 Å². The minimum Gasteiger partial charge on any atom is -0.463 e. The van der Waals surface area contributed by atoms with Gasteiger partial charge < -0.3 is 14.4 Å². The van der Waals surface area contributed by atoms with Gasteiger partial charge in [0.25, 0.3) is 12.0 Å². The summed E-state index contributed by atoms with van der Waals surface area (Å²) in [5.41, 5.74) is 1.21. The molecule has 0 aromatic heterocycles. The van der Waals surface area contributed by atoms with Crippen LogP contribution in [0.4, 0.5) is 5.69 Å². The number of amidine groups is 2. The SMILES string of the molecule is CCN(CC1COC(NC2=NCCO2)=N1)c1ccccc1. The molecule has 21 heavy (non-hydrogen) atoms. The van der Waals surface area contributed by atoms with Gasteiger partial charge in [0.1, 0.15) is 19.3 Å². The molecule has 1 unspecified atom stereocenters. The van der Waals surface area contributed by atoms with Crippen LogP contribution in [0.1, 0.15) is 6.92 Å². The number of ether oxygens (including phenoxy) is 2. The van der Waals surface area contributed by atoms with E-state index in [0.29, 0.717) is 31.8 Å². The van der Waals surface area contributed by atoms with Crippen LogP contribution in [0, 0.1) is 0 Å². The topological polar surface area (TPSA) is 58.5 Å². The minimum atomic E-state index is 0.120. The first-order valence-electron chi connectivity index (χ1n) is 7.30. The second kappa shape index (κ2) is 6.47. The number of hydrogen-bond donors (Lipinski definition) is 1. The highest BCUT2D eigenvalue weighted by atomic mass is 16.5. The second-order valence-corrected chi connectivity index (χ2v) is 4.93. The molecule has 2 heterocycles. The molecule has 6 heteroatoms. The lowest BCUT2D eigenvalue weighted by Crippen LogP contribution is -2.32. The Kier molecular flexibility index (Phi) is 4.23. The van der Waals surface area contributed by atoms with Crippen molar-refractivity contribution in [2.75, 3.05) is 37.7 Å². The van der Waals surface area contributed by atoms with Crippen LogP contribution in [0.2, 0.25) is 0 Å². The molecule has 0 radical (unpaired) electrons. The van der Waals surface area contributed by atoms with Gasteiger partial charge in [-0.3, -0.25) is 5.32 Å². The summed E-state index contributed by atoms with van der Waals surface area (Å²) in [6.45, 7) is 5.81. The Morgan fingerprint density at radius 1 is 1.24 bits per heavy atom. The van der Waals surface area contributed by atoms with E-state index in [1.807, 2.05) is 6.07 Å². The lowest BCUT2D eigenvalue weighted by Gasteiger charge is -2.24. The first kappa shape index (κ1) is 13.7. The molecule has 0 fully saturated rings. The monoisotopic (exact) mass is 288 g/mol. The minimum absolute atomic E-state index is 0.120. The fourth-order valence-electron chi connectivity index (χ4n) is 2.39. The zero-order chi connectivity index (χ0) is 14.5. The number of rotatable bonds is 4. The summed E-state index contributed by atoms with van der Waals surface area (Å²) in [5, 5.41) is 2.98. The highest BCUT2D eigenvalue weighted by Crippen LogP contribution is 2.15. The molecule has 1 atom stereocenters. The normalized spacial score (nSPS) is 20.3. The van der Waals surface area contributed by atoms with E-state index in [9.17, 15) is 0 Å². The van der Waals surface area contributed by atoms with E-state index in [2.05, 4.69) is 51.4 Å². The van der Waals surface area contributed by atoms with E-state index < -0.39 is 0 Å². The van der Waals surface area contributed by atoms with Crippen LogP contribution in [0.5, 0.6) is 0 Å². The lowest BCUT2D eigenvalue weighted by atomic mass is 10.2. The van der Waals surface area contributed by atoms with Crippen molar-refractivity contribution in [2.45, 2.75) is 13.0 Å². The standard InChI is InChI=1S/C15H20N4O2/c1-2-19(13-6-4-3-5-7-13)10-12-11-21-15(17-12)18-14-16-8-9-20-14/h3-7,12H,2,8-11H2,1H3,(H,16,17,18). The van der Waals surface area contributed by atoms with Gasteiger partial charge in [0.2, 0.25) is 0 Å². The van der Waals surface area contributed by atoms with Crippen LogP contribution in [-0.4, -0.2) is 50.9 Å². The molecule has 0 bridgehead atoms. The van der Waals surface area contributed by atoms with Gasteiger partial charge in [0.15, 0.2) is 0 Å². The van der Waals surface area contributed by atoms with Gasteiger partial charge in [-0.15, -0.1) is 0 Å². The van der Waals surface area contributed by atoms with Crippen LogP contribution in [0.15, 0.2) is 40.3 Å². The maximum absolute atomic E-state index is 5.56. The van der Waals surface area contributed by atoms with Crippen molar-refractivity contribution in [3.8, 4) is 0 Å². The van der Waals surface area contributed by atoms with Crippen molar-refractivity contribution >= 4 is 17.7 Å². The zero-order valence-corrected chi connectivity index (χ0v) is 12.2. The Bertz CT molecular complexity index is 530. The van der Waals surface area contributed by atoms with E-state index in [1.165, 1.54) is 5.69 Å². The Hall–Kier alpha value is -2.24. The molecular weight excluding hydrogens is 268 g/mol. The molecule has 0 saturated carbocycles. The number of nitrogens with zero attached hydrogens (tertiary/aromatic N) is 3. The second-order valence-electron chi connectivity index (χ2n) is 4.93. The summed E-state index contributed by atoms with van der Waals surface area (Å²) < 4.78 is 10.8. The summed E-state index contributed by atoms with van der Waals surface area (Å²) >= 11 is 0. The van der Waals surface area contributed by atoms with Crippen LogP contribution in [0.25, 0.3) is 0 Å². The predicted octanol–water partition coefficient (Wildman–Crippen LogP) is 1.24. The van der Waals surface area contributed by atoms with Gasteiger partial charge in [0, 0.05) is 18.8 Å². The van der Waals surface area contributed by atoms with Crippen molar-refractivity contribution < 1.29 is 9.47 Å². The first-order chi connectivity index (χ1) is 10.3. The number of likely N-dealkylation sites (N-methyl/N-ethyl adjacent to an activating group) is 1. The molecule has 0 spiro atoms. The average Bonchev–Trinajstić information content (AvgIpc) is 3.18. The number of anilines is 1. The van der Waals surface area contributed by atoms with Crippen LogP contribution < -0.4 is 10.2 Å². The number of nitrogens with one attached hydrogen (secondary N) is 1. The Morgan fingerprint density at radius 2 is 2.10 bits per heavy atom. The third-order valence-corrected chi connectivity index (χ3v) is 3.45.